The Morgan fingerprint density at radius 2 is 1.38 bits per heavy atom. The number of nitrogens with zero attached hydrogens (tertiary/aromatic N) is 3. The molecule has 0 spiro atoms. The summed E-state index contributed by atoms with van der Waals surface area (Å²) in [5.74, 6) is -0.756. The number of aliphatic imine (C=N–C) groups is 2. The second-order valence-corrected chi connectivity index (χ2v) is 16.4. The first-order chi connectivity index (χ1) is 32.6. The van der Waals surface area contributed by atoms with Crippen LogP contribution in [0.15, 0.2) is 100 Å². The van der Waals surface area contributed by atoms with Crippen molar-refractivity contribution in [3.05, 3.63) is 122 Å². The van der Waals surface area contributed by atoms with E-state index in [-0.39, 0.29) is 44.9 Å². The van der Waals surface area contributed by atoms with Gasteiger partial charge in [-0.05, 0) is 81.4 Å². The minimum Gasteiger partial charge on any atom is -0.497 e. The van der Waals surface area contributed by atoms with Crippen molar-refractivity contribution in [1.82, 2.24) is 32.2 Å². The van der Waals surface area contributed by atoms with Gasteiger partial charge in [-0.1, -0.05) is 47.5 Å². The fourth-order valence-corrected chi connectivity index (χ4v) is 7.07. The number of fused-ring (bicyclic) bond motifs is 1. The Morgan fingerprint density at radius 1 is 0.779 bits per heavy atom. The number of nitrogens with one attached hydrogen (secondary N) is 8. The molecule has 22 heteroatoms. The van der Waals surface area contributed by atoms with E-state index in [2.05, 4.69) is 48.1 Å². The molecule has 5 atom stereocenters. The van der Waals surface area contributed by atoms with Crippen molar-refractivity contribution in [3.8, 4) is 11.5 Å². The number of hydrogen-bond acceptors (Lipinski definition) is 15. The van der Waals surface area contributed by atoms with Crippen molar-refractivity contribution in [3.63, 3.8) is 0 Å². The van der Waals surface area contributed by atoms with Gasteiger partial charge in [0.2, 0.25) is 23.6 Å². The predicted octanol–water partition coefficient (Wildman–Crippen LogP) is 3.99. The monoisotopic (exact) mass is 974 g/mol. The topological polar surface area (TPSA) is 272 Å². The molecule has 10 N–H and O–H groups in total. The number of nitrogens with two attached hydrogens (primary N) is 1. The lowest BCUT2D eigenvalue weighted by Crippen LogP contribution is -2.49. The second-order valence-electron chi connectivity index (χ2n) is 15.5. The lowest BCUT2D eigenvalue weighted by Gasteiger charge is -2.26. The zero-order chi connectivity index (χ0) is 49.2. The van der Waals surface area contributed by atoms with Gasteiger partial charge in [0.25, 0.3) is 0 Å². The fourth-order valence-electron chi connectivity index (χ4n) is 6.81. The van der Waals surface area contributed by atoms with Gasteiger partial charge in [-0.15, -0.1) is 4.91 Å². The molecule has 1 aliphatic rings. The largest absolute Gasteiger partial charge is 0.497 e. The zero-order valence-electron chi connectivity index (χ0n) is 38.2. The number of methoxy groups -OCH3 is 2. The Balaban J connectivity index is 1.11. The minimum atomic E-state index is -0.707. The molecule has 0 aliphatic carbocycles. The summed E-state index contributed by atoms with van der Waals surface area (Å²) in [6.07, 6.45) is -2.05. The number of nitroso groups, excluding NO2 is 1. The lowest BCUT2D eigenvalue weighted by atomic mass is 9.99. The molecule has 20 nitrogen and oxygen atoms in total. The molecule has 4 aromatic carbocycles. The van der Waals surface area contributed by atoms with Crippen molar-refractivity contribution in [2.45, 2.75) is 64.3 Å². The smallest absolute Gasteiger partial charge is 0.239 e. The van der Waals surface area contributed by atoms with Crippen LogP contribution in [0.4, 0.5) is 11.4 Å². The van der Waals surface area contributed by atoms with Crippen molar-refractivity contribution < 1.29 is 33.5 Å². The summed E-state index contributed by atoms with van der Waals surface area (Å²) in [5.41, 5.74) is 16.4. The fraction of sp³-hybridized carbons (Fsp3) is 0.348. The normalized spacial score (nSPS) is 15.6. The van der Waals surface area contributed by atoms with E-state index in [1.807, 2.05) is 24.3 Å². The van der Waals surface area contributed by atoms with Crippen molar-refractivity contribution in [2.24, 2.45) is 21.0 Å². The number of halogens is 2. The molecule has 0 bridgehead atoms. The highest BCUT2D eigenvalue weighted by atomic mass is 35.5. The summed E-state index contributed by atoms with van der Waals surface area (Å²) >= 11 is 12.4. The van der Waals surface area contributed by atoms with Gasteiger partial charge < -0.3 is 47.1 Å². The SMILES string of the molecule is COc1ccc2c(c1)C(c1ccc(Cl)cc1)=N[C@@H](CC(=O)NCCNC(=O)CNC(=O)CNC(=O)C[C@@H](C)/N=C(/c1ccc(Cl)cc1)c1cc(OC)ccc1NC(C)NN=O)C(NOC(C)N)N2. The summed E-state index contributed by atoms with van der Waals surface area (Å²) in [6.45, 7) is 4.52. The summed E-state index contributed by atoms with van der Waals surface area (Å²) in [5, 5.41) is 20.9. The quantitative estimate of drug-likeness (QED) is 0.0158. The van der Waals surface area contributed by atoms with Crippen LogP contribution in [-0.2, 0) is 24.0 Å². The summed E-state index contributed by atoms with van der Waals surface area (Å²) in [6, 6.07) is 23.7. The minimum absolute atomic E-state index is 0.0652. The third-order valence-electron chi connectivity index (χ3n) is 10.1. The zero-order valence-corrected chi connectivity index (χ0v) is 39.7. The number of benzene rings is 4. The Hall–Kier alpha value is -6.84. The van der Waals surface area contributed by atoms with Crippen LogP contribution in [0.25, 0.3) is 0 Å². The molecule has 1 aliphatic heterocycles. The standard InChI is InChI=1S/C46H56Cl2N12O8/c1-26(54-44(29-6-10-31(47)11-7-29)35-21-33(66-4)14-16-37(35)55-28(3)58-60-65)20-40(61)52-25-43(64)53-24-42(63)51-19-18-50-41(62)23-39-46(59-68-27(2)49)57-38-17-15-34(67-5)22-36(38)45(56-39)30-8-12-32(48)13-9-30/h6-17,21-22,26-28,39,46,55,57,59H,18-20,23-25,49H2,1-5H3,(H,50,62)(H,51,63)(H,52,61)(H,53,64)(H,58,65)/b54-44-/t26-,27?,28?,39+,46?/m1/s1. The van der Waals surface area contributed by atoms with E-state index < -0.39 is 48.4 Å². The maximum absolute atomic E-state index is 13.3. The van der Waals surface area contributed by atoms with Crippen molar-refractivity contribution in [2.75, 3.05) is 51.0 Å². The molecule has 0 saturated heterocycles. The molecule has 1 heterocycles. The van der Waals surface area contributed by atoms with Gasteiger partial charge in [0, 0.05) is 63.2 Å². The van der Waals surface area contributed by atoms with Crippen LogP contribution in [0.3, 0.4) is 0 Å². The molecule has 4 amide bonds. The van der Waals surface area contributed by atoms with Crippen LogP contribution < -0.4 is 58.0 Å². The van der Waals surface area contributed by atoms with Gasteiger partial charge in [0.05, 0.1) is 62.5 Å². The third kappa shape index (κ3) is 15.9. The number of hydrogen-bond donors (Lipinski definition) is 9. The maximum Gasteiger partial charge on any atom is 0.239 e. The van der Waals surface area contributed by atoms with Crippen LogP contribution in [0.1, 0.15) is 55.9 Å². The van der Waals surface area contributed by atoms with E-state index in [0.29, 0.717) is 55.5 Å². The number of amides is 4. The van der Waals surface area contributed by atoms with Crippen molar-refractivity contribution >= 4 is 69.6 Å². The van der Waals surface area contributed by atoms with E-state index in [1.54, 1.807) is 88.5 Å². The highest BCUT2D eigenvalue weighted by molar-refractivity contribution is 6.31. The van der Waals surface area contributed by atoms with E-state index in [4.69, 9.17) is 53.2 Å². The Morgan fingerprint density at radius 3 is 2.03 bits per heavy atom. The van der Waals surface area contributed by atoms with Crippen LogP contribution in [0, 0.1) is 4.91 Å². The summed E-state index contributed by atoms with van der Waals surface area (Å²) in [7, 11) is 3.10. The van der Waals surface area contributed by atoms with Crippen LogP contribution in [-0.4, -0.2) is 106 Å². The van der Waals surface area contributed by atoms with Gasteiger partial charge in [-0.3, -0.25) is 39.4 Å². The molecular weight excluding hydrogens is 919 g/mol. The average molecular weight is 976 g/mol. The van der Waals surface area contributed by atoms with Crippen molar-refractivity contribution in [1.29, 1.82) is 0 Å². The Kier molecular flexibility index (Phi) is 19.9. The van der Waals surface area contributed by atoms with E-state index in [9.17, 15) is 24.1 Å². The van der Waals surface area contributed by atoms with E-state index >= 15 is 0 Å². The highest BCUT2D eigenvalue weighted by Crippen LogP contribution is 2.31. The van der Waals surface area contributed by atoms with Gasteiger partial charge in [0.15, 0.2) is 0 Å². The first kappa shape index (κ1) is 52.1. The number of carbonyl (C=O) groups is 4. The predicted molar refractivity (Wildman–Crippen MR) is 262 cm³/mol. The molecule has 0 aromatic heterocycles. The Bertz CT molecular complexity index is 2440. The summed E-state index contributed by atoms with van der Waals surface area (Å²) in [4.78, 5) is 77.9. The number of ether oxygens (including phenoxy) is 2. The molecule has 0 radical (unpaired) electrons. The van der Waals surface area contributed by atoms with Gasteiger partial charge in [-0.2, -0.15) is 5.48 Å². The molecule has 0 fully saturated rings. The number of rotatable bonds is 24. The maximum atomic E-state index is 13.3. The first-order valence-corrected chi connectivity index (χ1v) is 22.3. The third-order valence-corrected chi connectivity index (χ3v) is 10.6. The molecule has 3 unspecified atom stereocenters. The molecular formula is C46H56Cl2N12O8. The first-order valence-electron chi connectivity index (χ1n) is 21.5. The number of carbonyl (C=O) groups excluding carboxylic acids is 4. The van der Waals surface area contributed by atoms with Gasteiger partial charge in [0.1, 0.15) is 30.1 Å². The number of anilines is 2. The van der Waals surface area contributed by atoms with Crippen LogP contribution >= 0.6 is 23.2 Å². The molecule has 0 saturated carbocycles. The van der Waals surface area contributed by atoms with Gasteiger partial charge in [-0.25, -0.2) is 0 Å². The van der Waals surface area contributed by atoms with E-state index in [0.717, 1.165) is 11.1 Å². The highest BCUT2D eigenvalue weighted by Gasteiger charge is 2.30. The van der Waals surface area contributed by atoms with Crippen LogP contribution in [0.5, 0.6) is 11.5 Å². The van der Waals surface area contributed by atoms with Gasteiger partial charge >= 0.3 is 0 Å². The molecule has 5 rings (SSSR count). The van der Waals surface area contributed by atoms with E-state index in [1.165, 1.54) is 7.11 Å². The molecule has 68 heavy (non-hydrogen) atoms. The van der Waals surface area contributed by atoms with Crippen LogP contribution in [0.2, 0.25) is 10.0 Å². The number of hydroxylamine groups is 1. The molecule has 4 aromatic rings. The average Bonchev–Trinajstić information content (AvgIpc) is 3.46. The molecule has 362 valence electrons. The summed E-state index contributed by atoms with van der Waals surface area (Å²) < 4.78 is 11.0. The number of benzodiazepines with no additional fused rings is 1. The second kappa shape index (κ2) is 25.9. The Labute approximate surface area is 403 Å². The lowest BCUT2D eigenvalue weighted by molar-refractivity contribution is -0.127.